The first-order valence-electron chi connectivity index (χ1n) is 15.7. The summed E-state index contributed by atoms with van der Waals surface area (Å²) in [6.45, 7) is 14.5. The summed E-state index contributed by atoms with van der Waals surface area (Å²) in [5.74, 6) is 0.885. The molecule has 0 bridgehead atoms. The second-order valence-electron chi connectivity index (χ2n) is 13.5. The molecule has 44 heavy (non-hydrogen) atoms. The second kappa shape index (κ2) is 14.6. The lowest BCUT2D eigenvalue weighted by molar-refractivity contribution is -0.123. The maximum atomic E-state index is 13.9. The number of likely N-dealkylation sites (tertiary alicyclic amines) is 1. The van der Waals surface area contributed by atoms with Crippen LogP contribution in [0.15, 0.2) is 53.4 Å². The Bertz CT molecular complexity index is 1340. The Morgan fingerprint density at radius 2 is 1.66 bits per heavy atom. The number of hydrogen-bond donors (Lipinski definition) is 3. The van der Waals surface area contributed by atoms with Crippen LogP contribution in [0.5, 0.6) is 11.5 Å². The first kappa shape index (κ1) is 34.2. The van der Waals surface area contributed by atoms with Crippen LogP contribution in [-0.4, -0.2) is 86.3 Å². The Balaban J connectivity index is 1.57. The van der Waals surface area contributed by atoms with Crippen molar-refractivity contribution in [3.63, 3.8) is 0 Å². The summed E-state index contributed by atoms with van der Waals surface area (Å²) in [6, 6.07) is 13.0. The molecule has 1 saturated heterocycles. The molecule has 1 fully saturated rings. The standard InChI is InChI=1S/C33H50N4O6S/c1-23(2)19-37(44(40,41)26-14-15-28-29(18-26)43-22-42-28)20-27(38)31(25-12-8-7-9-13-25)34-24(3)32(33(4,5)6)35-30(39)21-36-16-10-11-17-36/h7-9,12-15,18,23-24,27,31-32,34,38H,10-11,16-17,19-22H2,1-6H3,(H,35,39)/t24?,27-,31?,32-/m1/s1. The Morgan fingerprint density at radius 3 is 2.30 bits per heavy atom. The van der Waals surface area contributed by atoms with Gasteiger partial charge < -0.3 is 25.2 Å². The van der Waals surface area contributed by atoms with Crippen LogP contribution in [0.3, 0.4) is 0 Å². The van der Waals surface area contributed by atoms with Gasteiger partial charge in [0.1, 0.15) is 0 Å². The predicted octanol–water partition coefficient (Wildman–Crippen LogP) is 3.77. The third kappa shape index (κ3) is 8.72. The highest BCUT2D eigenvalue weighted by atomic mass is 32.2. The van der Waals surface area contributed by atoms with Crippen LogP contribution in [-0.2, 0) is 14.8 Å². The van der Waals surface area contributed by atoms with E-state index in [1.165, 1.54) is 16.4 Å². The van der Waals surface area contributed by atoms with E-state index in [2.05, 4.69) is 36.3 Å². The van der Waals surface area contributed by atoms with E-state index in [1.807, 2.05) is 51.1 Å². The summed E-state index contributed by atoms with van der Waals surface area (Å²) in [4.78, 5) is 15.4. The van der Waals surface area contributed by atoms with E-state index >= 15 is 0 Å². The maximum Gasteiger partial charge on any atom is 0.243 e. The fourth-order valence-electron chi connectivity index (χ4n) is 6.10. The minimum Gasteiger partial charge on any atom is -0.454 e. The average Bonchev–Trinajstić information content (AvgIpc) is 3.65. The van der Waals surface area contributed by atoms with Crippen molar-refractivity contribution in [1.29, 1.82) is 0 Å². The van der Waals surface area contributed by atoms with E-state index in [0.717, 1.165) is 31.5 Å². The number of benzene rings is 2. The SMILES string of the molecule is CC(C)CN(C[C@@H](O)C(NC(C)[C@@H](NC(=O)CN1CCCC1)C(C)(C)C)c1ccccc1)S(=O)(=O)c1ccc2c(c1)OCO2. The van der Waals surface area contributed by atoms with Crippen LogP contribution in [0.25, 0.3) is 0 Å². The third-order valence-electron chi connectivity index (χ3n) is 8.24. The van der Waals surface area contributed by atoms with Crippen molar-refractivity contribution >= 4 is 15.9 Å². The summed E-state index contributed by atoms with van der Waals surface area (Å²) in [5.41, 5.74) is 0.541. The Labute approximate surface area is 263 Å². The highest BCUT2D eigenvalue weighted by Crippen LogP contribution is 2.35. The molecule has 0 spiro atoms. The van der Waals surface area contributed by atoms with Crippen LogP contribution >= 0.6 is 0 Å². The molecular weight excluding hydrogens is 580 g/mol. The predicted molar refractivity (Wildman–Crippen MR) is 171 cm³/mol. The van der Waals surface area contributed by atoms with Gasteiger partial charge in [-0.05, 0) is 61.9 Å². The van der Waals surface area contributed by atoms with Gasteiger partial charge in [0.25, 0.3) is 0 Å². The molecule has 2 aromatic rings. The van der Waals surface area contributed by atoms with Crippen molar-refractivity contribution in [1.82, 2.24) is 19.8 Å². The number of carbonyl (C=O) groups is 1. The number of rotatable bonds is 14. The van der Waals surface area contributed by atoms with Crippen LogP contribution in [0, 0.1) is 11.3 Å². The van der Waals surface area contributed by atoms with E-state index < -0.39 is 22.2 Å². The topological polar surface area (TPSA) is 120 Å². The smallest absolute Gasteiger partial charge is 0.243 e. The molecule has 4 rings (SSSR count). The number of carbonyl (C=O) groups excluding carboxylic acids is 1. The number of amides is 1. The van der Waals surface area contributed by atoms with Crippen molar-refractivity contribution in [3.8, 4) is 11.5 Å². The molecule has 2 aromatic carbocycles. The lowest BCUT2D eigenvalue weighted by atomic mass is 9.82. The molecule has 0 saturated carbocycles. The summed E-state index contributed by atoms with van der Waals surface area (Å²) in [6.07, 6.45) is 1.13. The van der Waals surface area contributed by atoms with Gasteiger partial charge in [-0.3, -0.25) is 9.69 Å². The minimum atomic E-state index is -3.98. The first-order valence-corrected chi connectivity index (χ1v) is 17.1. The number of aliphatic hydroxyl groups is 1. The molecule has 11 heteroatoms. The number of ether oxygens (including phenoxy) is 2. The lowest BCUT2D eigenvalue weighted by Gasteiger charge is -2.40. The van der Waals surface area contributed by atoms with Crippen LogP contribution < -0.4 is 20.1 Å². The molecule has 244 valence electrons. The number of nitrogens with one attached hydrogen (secondary N) is 2. The summed E-state index contributed by atoms with van der Waals surface area (Å²) >= 11 is 0. The van der Waals surface area contributed by atoms with E-state index in [9.17, 15) is 18.3 Å². The van der Waals surface area contributed by atoms with E-state index in [-0.39, 0.29) is 54.1 Å². The molecule has 2 aliphatic heterocycles. The van der Waals surface area contributed by atoms with Gasteiger partial charge in [-0.2, -0.15) is 4.31 Å². The Kier molecular flexibility index (Phi) is 11.3. The van der Waals surface area contributed by atoms with Crippen molar-refractivity contribution in [2.45, 2.75) is 83.5 Å². The van der Waals surface area contributed by atoms with Crippen LogP contribution in [0.2, 0.25) is 0 Å². The number of aliphatic hydroxyl groups excluding tert-OH is 1. The van der Waals surface area contributed by atoms with Crippen molar-refractivity contribution in [2.75, 3.05) is 39.5 Å². The molecular formula is C33H50N4O6S. The highest BCUT2D eigenvalue weighted by molar-refractivity contribution is 7.89. The van der Waals surface area contributed by atoms with Gasteiger partial charge in [-0.25, -0.2) is 8.42 Å². The van der Waals surface area contributed by atoms with Crippen LogP contribution in [0.4, 0.5) is 0 Å². The minimum absolute atomic E-state index is 0.0177. The largest absolute Gasteiger partial charge is 0.454 e. The molecule has 3 N–H and O–H groups in total. The molecule has 2 unspecified atom stereocenters. The lowest BCUT2D eigenvalue weighted by Crippen LogP contribution is -2.58. The highest BCUT2D eigenvalue weighted by Gasteiger charge is 2.36. The quantitative estimate of drug-likeness (QED) is 0.289. The first-order chi connectivity index (χ1) is 20.8. The van der Waals surface area contributed by atoms with Gasteiger partial charge in [-0.1, -0.05) is 65.0 Å². The van der Waals surface area contributed by atoms with Crippen molar-refractivity contribution < 1.29 is 27.8 Å². The molecule has 10 nitrogen and oxygen atoms in total. The normalized spacial score (nSPS) is 18.4. The monoisotopic (exact) mass is 630 g/mol. The number of fused-ring (bicyclic) bond motifs is 1. The third-order valence-corrected chi connectivity index (χ3v) is 10.1. The maximum absolute atomic E-state index is 13.9. The summed E-state index contributed by atoms with van der Waals surface area (Å²) < 4.78 is 40.0. The number of nitrogens with zero attached hydrogens (tertiary/aromatic N) is 2. The van der Waals surface area contributed by atoms with E-state index in [4.69, 9.17) is 9.47 Å². The zero-order valence-electron chi connectivity index (χ0n) is 27.0. The molecule has 1 amide bonds. The molecule has 2 aliphatic rings. The Morgan fingerprint density at radius 1 is 1.00 bits per heavy atom. The summed E-state index contributed by atoms with van der Waals surface area (Å²) in [5, 5.41) is 18.7. The zero-order valence-corrected chi connectivity index (χ0v) is 27.8. The van der Waals surface area contributed by atoms with E-state index in [1.54, 1.807) is 6.07 Å². The molecule has 2 heterocycles. The van der Waals surface area contributed by atoms with Gasteiger partial charge in [-0.15, -0.1) is 0 Å². The second-order valence-corrected chi connectivity index (χ2v) is 15.5. The van der Waals surface area contributed by atoms with Gasteiger partial charge >= 0.3 is 0 Å². The van der Waals surface area contributed by atoms with Gasteiger partial charge in [0, 0.05) is 31.2 Å². The van der Waals surface area contributed by atoms with Crippen molar-refractivity contribution in [2.24, 2.45) is 11.3 Å². The van der Waals surface area contributed by atoms with Gasteiger partial charge in [0.05, 0.1) is 23.6 Å². The fraction of sp³-hybridized carbons (Fsp3) is 0.606. The zero-order chi connectivity index (χ0) is 32.1. The van der Waals surface area contributed by atoms with Gasteiger partial charge in [0.15, 0.2) is 11.5 Å². The molecule has 0 aromatic heterocycles. The summed E-state index contributed by atoms with van der Waals surface area (Å²) in [7, 11) is -3.98. The number of sulfonamides is 1. The van der Waals surface area contributed by atoms with Crippen LogP contribution in [0.1, 0.15) is 66.0 Å². The fourth-order valence-corrected chi connectivity index (χ4v) is 7.74. The number of hydrogen-bond acceptors (Lipinski definition) is 8. The molecule has 4 atom stereocenters. The Hall–Kier alpha value is -2.70. The molecule has 0 radical (unpaired) electrons. The van der Waals surface area contributed by atoms with Crippen molar-refractivity contribution in [3.05, 3.63) is 54.1 Å². The molecule has 0 aliphatic carbocycles. The average molecular weight is 631 g/mol. The van der Waals surface area contributed by atoms with E-state index in [0.29, 0.717) is 18.0 Å². The van der Waals surface area contributed by atoms with Gasteiger partial charge in [0.2, 0.25) is 22.7 Å².